The predicted octanol–water partition coefficient (Wildman–Crippen LogP) is 2.42. The summed E-state index contributed by atoms with van der Waals surface area (Å²) in [5, 5.41) is 8.96. The number of benzene rings is 1. The van der Waals surface area contributed by atoms with Gasteiger partial charge in [-0.2, -0.15) is 0 Å². The van der Waals surface area contributed by atoms with Crippen molar-refractivity contribution in [2.45, 2.75) is 31.0 Å². The molecule has 0 atom stereocenters. The average Bonchev–Trinajstić information content (AvgIpc) is 3.06. The van der Waals surface area contributed by atoms with Crippen LogP contribution < -0.4 is 10.5 Å². The van der Waals surface area contributed by atoms with Gasteiger partial charge in [0, 0.05) is 16.0 Å². The molecule has 0 saturated heterocycles. The number of para-hydroxylation sites is 1. The van der Waals surface area contributed by atoms with E-state index in [1.54, 1.807) is 6.07 Å². The van der Waals surface area contributed by atoms with Gasteiger partial charge in [0.2, 0.25) is 15.9 Å². The Morgan fingerprint density at radius 3 is 2.62 bits per heavy atom. The van der Waals surface area contributed by atoms with Gasteiger partial charge in [-0.3, -0.25) is 9.78 Å². The van der Waals surface area contributed by atoms with Crippen LogP contribution in [-0.2, 0) is 27.8 Å². The smallest absolute Gasteiger partial charge is 0.247 e. The molecule has 0 fully saturated rings. The minimum atomic E-state index is -3.70. The molecule has 0 radical (unpaired) electrons. The number of nitrogens with zero attached hydrogens (tertiary/aromatic N) is 1. The monoisotopic (exact) mass is 389 g/mol. The maximum atomic E-state index is 12.4. The first kappa shape index (κ1) is 18.5. The SMILES string of the molecule is Cc1nc2ccccc2c(C)c1CC(=O)NCc1ccc(S(N)(=O)=O)s1. The van der Waals surface area contributed by atoms with Crippen molar-refractivity contribution in [2.24, 2.45) is 5.14 Å². The summed E-state index contributed by atoms with van der Waals surface area (Å²) in [6, 6.07) is 11.0. The van der Waals surface area contributed by atoms with E-state index in [1.807, 2.05) is 38.1 Å². The summed E-state index contributed by atoms with van der Waals surface area (Å²) in [7, 11) is -3.70. The van der Waals surface area contributed by atoms with E-state index in [4.69, 9.17) is 5.14 Å². The van der Waals surface area contributed by atoms with E-state index in [9.17, 15) is 13.2 Å². The van der Waals surface area contributed by atoms with Gasteiger partial charge in [-0.15, -0.1) is 11.3 Å². The van der Waals surface area contributed by atoms with Gasteiger partial charge >= 0.3 is 0 Å². The molecule has 0 unspecified atom stereocenters. The number of nitrogens with one attached hydrogen (secondary N) is 1. The molecule has 136 valence electrons. The number of primary sulfonamides is 1. The Morgan fingerprint density at radius 1 is 1.19 bits per heavy atom. The number of rotatable bonds is 5. The van der Waals surface area contributed by atoms with Crippen molar-refractivity contribution in [3.05, 3.63) is 58.1 Å². The van der Waals surface area contributed by atoms with Gasteiger partial charge in [-0.25, -0.2) is 13.6 Å². The number of hydrogen-bond acceptors (Lipinski definition) is 5. The van der Waals surface area contributed by atoms with E-state index < -0.39 is 10.0 Å². The summed E-state index contributed by atoms with van der Waals surface area (Å²) < 4.78 is 22.7. The molecule has 1 amide bonds. The standard InChI is InChI=1S/C18H19N3O3S2/c1-11-14-5-3-4-6-16(14)21-12(2)15(11)9-17(22)20-10-13-7-8-18(25-13)26(19,23)24/h3-8H,9-10H2,1-2H3,(H,20,22)(H2,19,23,24). The van der Waals surface area contributed by atoms with Crippen LogP contribution in [0.2, 0.25) is 0 Å². The van der Waals surface area contributed by atoms with Crippen molar-refractivity contribution in [2.75, 3.05) is 0 Å². The first-order chi connectivity index (χ1) is 12.3. The van der Waals surface area contributed by atoms with Crippen LogP contribution in [0.3, 0.4) is 0 Å². The quantitative estimate of drug-likeness (QED) is 0.699. The molecule has 0 aliphatic rings. The molecule has 2 heterocycles. The van der Waals surface area contributed by atoms with Crippen molar-refractivity contribution >= 4 is 38.2 Å². The van der Waals surface area contributed by atoms with Gasteiger partial charge in [-0.05, 0) is 43.2 Å². The molecule has 0 saturated carbocycles. The molecule has 26 heavy (non-hydrogen) atoms. The lowest BCUT2D eigenvalue weighted by Crippen LogP contribution is -2.25. The number of carbonyl (C=O) groups is 1. The van der Waals surface area contributed by atoms with E-state index in [-0.39, 0.29) is 23.1 Å². The van der Waals surface area contributed by atoms with E-state index >= 15 is 0 Å². The number of nitrogens with two attached hydrogens (primary N) is 1. The number of aromatic nitrogens is 1. The fourth-order valence-corrected chi connectivity index (χ4v) is 4.56. The number of carbonyl (C=O) groups excluding carboxylic acids is 1. The summed E-state index contributed by atoms with van der Waals surface area (Å²) >= 11 is 1.06. The Balaban J connectivity index is 1.72. The number of hydrogen-bond donors (Lipinski definition) is 2. The Bertz CT molecular complexity index is 1090. The molecule has 8 heteroatoms. The summed E-state index contributed by atoms with van der Waals surface area (Å²) in [6.07, 6.45) is 0.225. The maximum absolute atomic E-state index is 12.4. The van der Waals surface area contributed by atoms with Gasteiger partial charge in [0.1, 0.15) is 4.21 Å². The predicted molar refractivity (Wildman–Crippen MR) is 102 cm³/mol. The largest absolute Gasteiger partial charge is 0.351 e. The fourth-order valence-electron chi connectivity index (χ4n) is 2.85. The van der Waals surface area contributed by atoms with Crippen molar-refractivity contribution in [3.63, 3.8) is 0 Å². The van der Waals surface area contributed by atoms with E-state index in [1.165, 1.54) is 6.07 Å². The molecule has 3 N–H and O–H groups in total. The minimum absolute atomic E-state index is 0.0900. The third kappa shape index (κ3) is 3.92. The molecule has 0 bridgehead atoms. The number of sulfonamides is 1. The molecule has 0 spiro atoms. The fraction of sp³-hybridized carbons (Fsp3) is 0.222. The molecule has 3 rings (SSSR count). The minimum Gasteiger partial charge on any atom is -0.351 e. The first-order valence-electron chi connectivity index (χ1n) is 7.98. The van der Waals surface area contributed by atoms with Crippen LogP contribution in [0, 0.1) is 13.8 Å². The van der Waals surface area contributed by atoms with Crippen LogP contribution in [0.4, 0.5) is 0 Å². The zero-order chi connectivity index (χ0) is 18.9. The number of amides is 1. The molecule has 2 aromatic heterocycles. The van der Waals surface area contributed by atoms with Crippen molar-refractivity contribution < 1.29 is 13.2 Å². The highest BCUT2D eigenvalue weighted by atomic mass is 32.2. The van der Waals surface area contributed by atoms with Crippen molar-refractivity contribution in [3.8, 4) is 0 Å². The highest BCUT2D eigenvalue weighted by Crippen LogP contribution is 2.23. The lowest BCUT2D eigenvalue weighted by Gasteiger charge is -2.12. The zero-order valence-corrected chi connectivity index (χ0v) is 16.1. The van der Waals surface area contributed by atoms with Crippen LogP contribution in [0.1, 0.15) is 21.7 Å². The van der Waals surface area contributed by atoms with E-state index in [0.717, 1.165) is 43.9 Å². The third-order valence-electron chi connectivity index (χ3n) is 4.20. The Labute approximate surface area is 156 Å². The van der Waals surface area contributed by atoms with Crippen LogP contribution in [0.15, 0.2) is 40.6 Å². The van der Waals surface area contributed by atoms with Crippen LogP contribution >= 0.6 is 11.3 Å². The number of aryl methyl sites for hydroxylation is 2. The highest BCUT2D eigenvalue weighted by molar-refractivity contribution is 7.91. The van der Waals surface area contributed by atoms with Crippen molar-refractivity contribution in [1.29, 1.82) is 0 Å². The van der Waals surface area contributed by atoms with E-state index in [0.29, 0.717) is 0 Å². The molecular weight excluding hydrogens is 370 g/mol. The van der Waals surface area contributed by atoms with Crippen LogP contribution in [0.5, 0.6) is 0 Å². The lowest BCUT2D eigenvalue weighted by molar-refractivity contribution is -0.120. The van der Waals surface area contributed by atoms with E-state index in [2.05, 4.69) is 10.3 Å². The maximum Gasteiger partial charge on any atom is 0.247 e. The Kier molecular flexibility index (Phi) is 5.08. The summed E-state index contributed by atoms with van der Waals surface area (Å²) in [5.74, 6) is -0.140. The molecular formula is C18H19N3O3S2. The normalized spacial score (nSPS) is 11.7. The average molecular weight is 390 g/mol. The van der Waals surface area contributed by atoms with Gasteiger partial charge in [-0.1, -0.05) is 18.2 Å². The van der Waals surface area contributed by atoms with Crippen LogP contribution in [0.25, 0.3) is 10.9 Å². The second kappa shape index (κ2) is 7.14. The number of thiophene rings is 1. The third-order valence-corrected chi connectivity index (χ3v) is 6.72. The second-order valence-electron chi connectivity index (χ2n) is 6.04. The van der Waals surface area contributed by atoms with Gasteiger partial charge in [0.05, 0.1) is 18.5 Å². The summed E-state index contributed by atoms with van der Waals surface area (Å²) in [4.78, 5) is 17.7. The zero-order valence-electron chi connectivity index (χ0n) is 14.4. The summed E-state index contributed by atoms with van der Waals surface area (Å²) in [5.41, 5.74) is 3.72. The molecule has 3 aromatic rings. The van der Waals surface area contributed by atoms with Crippen molar-refractivity contribution in [1.82, 2.24) is 10.3 Å². The topological polar surface area (TPSA) is 102 Å². The lowest BCUT2D eigenvalue weighted by atomic mass is 9.99. The second-order valence-corrected chi connectivity index (χ2v) is 8.99. The van der Waals surface area contributed by atoms with Gasteiger partial charge in [0.25, 0.3) is 0 Å². The van der Waals surface area contributed by atoms with Gasteiger partial charge in [0.15, 0.2) is 0 Å². The molecule has 0 aliphatic heterocycles. The molecule has 0 aliphatic carbocycles. The Hall–Kier alpha value is -2.29. The molecule has 6 nitrogen and oxygen atoms in total. The summed E-state index contributed by atoms with van der Waals surface area (Å²) in [6.45, 7) is 4.16. The molecule has 1 aromatic carbocycles. The Morgan fingerprint density at radius 2 is 1.92 bits per heavy atom. The number of pyridine rings is 1. The number of fused-ring (bicyclic) bond motifs is 1. The highest BCUT2D eigenvalue weighted by Gasteiger charge is 2.14. The first-order valence-corrected chi connectivity index (χ1v) is 10.3. The van der Waals surface area contributed by atoms with Crippen LogP contribution in [-0.4, -0.2) is 19.3 Å². The van der Waals surface area contributed by atoms with Gasteiger partial charge < -0.3 is 5.32 Å².